The summed E-state index contributed by atoms with van der Waals surface area (Å²) in [5, 5.41) is 9.82. The fourth-order valence-corrected chi connectivity index (χ4v) is 2.06. The summed E-state index contributed by atoms with van der Waals surface area (Å²) in [6.45, 7) is 7.30. The second-order valence-corrected chi connectivity index (χ2v) is 6.12. The largest absolute Gasteiger partial charge is 0.357 e. The van der Waals surface area contributed by atoms with Crippen LogP contribution in [0, 0.1) is 0 Å². The van der Waals surface area contributed by atoms with E-state index in [0.29, 0.717) is 0 Å². The van der Waals surface area contributed by atoms with Crippen LogP contribution in [0.5, 0.6) is 0 Å². The number of nitrogens with one attached hydrogen (secondary N) is 4. The molecule has 0 bridgehead atoms. The highest BCUT2D eigenvalue weighted by molar-refractivity contribution is 5.94. The minimum Gasteiger partial charge on any atom is -0.357 e. The van der Waals surface area contributed by atoms with Crippen molar-refractivity contribution < 1.29 is 24.0 Å². The lowest BCUT2D eigenvalue weighted by Gasteiger charge is -2.28. The van der Waals surface area contributed by atoms with Gasteiger partial charge >= 0.3 is 0 Å². The van der Waals surface area contributed by atoms with Gasteiger partial charge in [-0.1, -0.05) is 0 Å². The zero-order chi connectivity index (χ0) is 20.6. The molecule has 0 radical (unpaired) electrons. The normalized spacial score (nSPS) is 14.9. The minimum atomic E-state index is -0.895. The molecule has 0 unspecified atom stereocenters. The van der Waals surface area contributed by atoms with Crippen molar-refractivity contribution >= 4 is 29.5 Å². The van der Waals surface area contributed by atoms with Gasteiger partial charge in [-0.15, -0.1) is 0 Å². The smallest absolute Gasteiger partial charge is 0.245 e. The zero-order valence-corrected chi connectivity index (χ0v) is 16.3. The van der Waals surface area contributed by atoms with Gasteiger partial charge in [0, 0.05) is 21.0 Å². The van der Waals surface area contributed by atoms with Gasteiger partial charge in [-0.05, 0) is 27.7 Å². The van der Waals surface area contributed by atoms with Crippen LogP contribution in [-0.4, -0.2) is 72.7 Å². The maximum Gasteiger partial charge on any atom is 0.245 e. The molecule has 10 heteroatoms. The van der Waals surface area contributed by atoms with Crippen molar-refractivity contribution in [3.63, 3.8) is 0 Å². The van der Waals surface area contributed by atoms with Crippen molar-refractivity contribution in [3.8, 4) is 0 Å². The average molecular weight is 371 g/mol. The predicted molar refractivity (Wildman–Crippen MR) is 94.8 cm³/mol. The molecule has 0 aromatic heterocycles. The SMILES string of the molecule is CNC(=O)[C@H](C)NC(=O)[C@H](C)NC(=O)[C@H](C)N(C)C(=O)[C@H](C)NC(C)=O. The Labute approximate surface area is 153 Å². The monoisotopic (exact) mass is 371 g/mol. The standard InChI is InChI=1S/C16H29N5O5/c1-8(13(23)17-6)19-14(24)9(2)20-15(25)11(4)21(7)16(26)10(3)18-12(5)22/h8-11H,1-7H3,(H,17,23)(H,18,22)(H,19,24)(H,20,25)/t8-,9-,10-,11-/m0/s1. The number of hydrogen-bond acceptors (Lipinski definition) is 5. The summed E-state index contributed by atoms with van der Waals surface area (Å²) in [7, 11) is 2.88. The van der Waals surface area contributed by atoms with Gasteiger partial charge in [0.25, 0.3) is 0 Å². The summed E-state index contributed by atoms with van der Waals surface area (Å²) >= 11 is 0. The second kappa shape index (κ2) is 10.4. The number of rotatable bonds is 8. The molecule has 0 saturated carbocycles. The van der Waals surface area contributed by atoms with Gasteiger partial charge in [-0.2, -0.15) is 0 Å². The van der Waals surface area contributed by atoms with Gasteiger partial charge in [0.15, 0.2) is 0 Å². The molecule has 0 aromatic rings. The topological polar surface area (TPSA) is 137 Å². The van der Waals surface area contributed by atoms with E-state index in [0.717, 1.165) is 0 Å². The minimum absolute atomic E-state index is 0.355. The van der Waals surface area contributed by atoms with Crippen LogP contribution in [0.2, 0.25) is 0 Å². The quantitative estimate of drug-likeness (QED) is 0.396. The first kappa shape index (κ1) is 23.4. The number of hydrogen-bond donors (Lipinski definition) is 4. The third-order valence-corrected chi connectivity index (χ3v) is 3.85. The summed E-state index contributed by atoms with van der Waals surface area (Å²) in [4.78, 5) is 60.1. The molecule has 0 aliphatic carbocycles. The van der Waals surface area contributed by atoms with Gasteiger partial charge in [0.05, 0.1) is 0 Å². The zero-order valence-electron chi connectivity index (χ0n) is 16.3. The molecule has 4 atom stereocenters. The molecular formula is C16H29N5O5. The summed E-state index contributed by atoms with van der Waals surface area (Å²) in [6, 6.07) is -3.27. The number of carbonyl (C=O) groups is 5. The van der Waals surface area contributed by atoms with Gasteiger partial charge in [0.2, 0.25) is 29.5 Å². The molecule has 5 amide bonds. The van der Waals surface area contributed by atoms with E-state index >= 15 is 0 Å². The Bertz CT molecular complexity index is 565. The van der Waals surface area contributed by atoms with E-state index in [2.05, 4.69) is 21.3 Å². The molecular weight excluding hydrogens is 342 g/mol. The predicted octanol–water partition coefficient (Wildman–Crippen LogP) is -1.89. The Morgan fingerprint density at radius 2 is 1.19 bits per heavy atom. The van der Waals surface area contributed by atoms with Crippen molar-refractivity contribution in [2.75, 3.05) is 14.1 Å². The van der Waals surface area contributed by atoms with Gasteiger partial charge in [-0.3, -0.25) is 24.0 Å². The number of carbonyl (C=O) groups excluding carboxylic acids is 5. The van der Waals surface area contributed by atoms with Crippen molar-refractivity contribution in [2.24, 2.45) is 0 Å². The first-order valence-electron chi connectivity index (χ1n) is 8.28. The molecule has 10 nitrogen and oxygen atoms in total. The molecule has 0 aromatic carbocycles. The van der Waals surface area contributed by atoms with Crippen LogP contribution < -0.4 is 21.3 Å². The number of nitrogens with zero attached hydrogens (tertiary/aromatic N) is 1. The van der Waals surface area contributed by atoms with E-state index in [1.165, 1.54) is 53.6 Å². The average Bonchev–Trinajstić information content (AvgIpc) is 2.57. The van der Waals surface area contributed by atoms with Gasteiger partial charge in [0.1, 0.15) is 24.2 Å². The van der Waals surface area contributed by atoms with E-state index in [1.54, 1.807) is 0 Å². The van der Waals surface area contributed by atoms with E-state index in [-0.39, 0.29) is 11.8 Å². The van der Waals surface area contributed by atoms with Crippen LogP contribution in [0.4, 0.5) is 0 Å². The second-order valence-electron chi connectivity index (χ2n) is 6.12. The maximum atomic E-state index is 12.3. The Morgan fingerprint density at radius 3 is 1.65 bits per heavy atom. The molecule has 26 heavy (non-hydrogen) atoms. The fraction of sp³-hybridized carbons (Fsp3) is 0.688. The fourth-order valence-electron chi connectivity index (χ4n) is 2.06. The molecule has 0 saturated heterocycles. The summed E-state index contributed by atoms with van der Waals surface area (Å²) in [5.41, 5.74) is 0. The third kappa shape index (κ3) is 7.08. The van der Waals surface area contributed by atoms with E-state index in [4.69, 9.17) is 0 Å². The molecule has 0 rings (SSSR count). The lowest BCUT2D eigenvalue weighted by molar-refractivity contribution is -0.141. The third-order valence-electron chi connectivity index (χ3n) is 3.85. The summed E-state index contributed by atoms with van der Waals surface area (Å²) < 4.78 is 0. The van der Waals surface area contributed by atoms with Crippen LogP contribution in [0.25, 0.3) is 0 Å². The van der Waals surface area contributed by atoms with Crippen LogP contribution in [0.15, 0.2) is 0 Å². The maximum absolute atomic E-state index is 12.3. The van der Waals surface area contributed by atoms with Crippen LogP contribution in [0.3, 0.4) is 0 Å². The lowest BCUT2D eigenvalue weighted by Crippen LogP contribution is -2.56. The van der Waals surface area contributed by atoms with Gasteiger partial charge in [-0.25, -0.2) is 0 Å². The summed E-state index contributed by atoms with van der Waals surface area (Å²) in [6.07, 6.45) is 0. The van der Waals surface area contributed by atoms with Gasteiger partial charge < -0.3 is 26.2 Å². The first-order valence-corrected chi connectivity index (χ1v) is 8.28. The number of likely N-dealkylation sites (N-methyl/N-ethyl adjacent to an activating group) is 2. The molecule has 0 spiro atoms. The highest BCUT2D eigenvalue weighted by Crippen LogP contribution is 2.01. The highest BCUT2D eigenvalue weighted by atomic mass is 16.2. The van der Waals surface area contributed by atoms with Crippen molar-refractivity contribution in [1.82, 2.24) is 26.2 Å². The molecule has 4 N–H and O–H groups in total. The van der Waals surface area contributed by atoms with Crippen LogP contribution in [-0.2, 0) is 24.0 Å². The molecule has 0 heterocycles. The van der Waals surface area contributed by atoms with E-state index < -0.39 is 41.9 Å². The van der Waals surface area contributed by atoms with E-state index in [9.17, 15) is 24.0 Å². The first-order chi connectivity index (χ1) is 11.9. The van der Waals surface area contributed by atoms with Crippen molar-refractivity contribution in [2.45, 2.75) is 58.8 Å². The van der Waals surface area contributed by atoms with E-state index in [1.807, 2.05) is 0 Å². The van der Waals surface area contributed by atoms with Crippen molar-refractivity contribution in [1.29, 1.82) is 0 Å². The lowest BCUT2D eigenvalue weighted by atomic mass is 10.2. The highest BCUT2D eigenvalue weighted by Gasteiger charge is 2.28. The Morgan fingerprint density at radius 1 is 0.731 bits per heavy atom. The Hall–Kier alpha value is -2.65. The van der Waals surface area contributed by atoms with Crippen LogP contribution in [0.1, 0.15) is 34.6 Å². The number of amides is 5. The molecule has 148 valence electrons. The molecule has 0 aliphatic rings. The molecule has 0 fully saturated rings. The summed E-state index contributed by atoms with van der Waals surface area (Å²) in [5.74, 6) is -2.21. The van der Waals surface area contributed by atoms with Crippen molar-refractivity contribution in [3.05, 3.63) is 0 Å². The Balaban J connectivity index is 4.73. The Kier molecular flexibility index (Phi) is 9.31. The molecule has 0 aliphatic heterocycles. The van der Waals surface area contributed by atoms with Crippen LogP contribution >= 0.6 is 0 Å².